The molecule has 0 radical (unpaired) electrons. The molecule has 2 aromatic rings. The van der Waals surface area contributed by atoms with E-state index in [1.807, 2.05) is 6.92 Å². The minimum Gasteiger partial charge on any atom is -0.341 e. The molecule has 120 valence electrons. The summed E-state index contributed by atoms with van der Waals surface area (Å²) in [5, 5.41) is 8.76. The molecule has 0 atom stereocenters. The average molecular weight is 330 g/mol. The zero-order valence-electron chi connectivity index (χ0n) is 12.9. The Morgan fingerprint density at radius 3 is 2.35 bits per heavy atom. The summed E-state index contributed by atoms with van der Waals surface area (Å²) in [6.45, 7) is 2.04. The van der Waals surface area contributed by atoms with E-state index in [0.717, 1.165) is 10.8 Å². The van der Waals surface area contributed by atoms with Crippen molar-refractivity contribution in [1.29, 1.82) is 0 Å². The van der Waals surface area contributed by atoms with Gasteiger partial charge in [0.2, 0.25) is 0 Å². The Balaban J connectivity index is 2.02. The number of benzene rings is 1. The van der Waals surface area contributed by atoms with Crippen LogP contribution in [0.1, 0.15) is 17.3 Å². The maximum Gasteiger partial charge on any atom is 0.318 e. The fourth-order valence-corrected chi connectivity index (χ4v) is 2.45. The first-order chi connectivity index (χ1) is 11.1. The molecule has 3 N–H and O–H groups in total. The van der Waals surface area contributed by atoms with Gasteiger partial charge in [0.05, 0.1) is 5.03 Å². The van der Waals surface area contributed by atoms with Crippen LogP contribution in [0.3, 0.4) is 0 Å². The largest absolute Gasteiger partial charge is 0.341 e. The number of carbonyl (C=O) groups excluding carboxylic acids is 2. The summed E-state index contributed by atoms with van der Waals surface area (Å²) in [5.74, 6) is 0.704. The van der Waals surface area contributed by atoms with Crippen LogP contribution in [-0.2, 0) is 0 Å². The minimum atomic E-state index is -0.292. The van der Waals surface area contributed by atoms with Crippen LogP contribution in [0.25, 0.3) is 0 Å². The van der Waals surface area contributed by atoms with Crippen molar-refractivity contribution in [3.63, 3.8) is 0 Å². The monoisotopic (exact) mass is 330 g/mol. The number of thioether (sulfide) groups is 1. The number of carbonyl (C=O) groups is 2. The van der Waals surface area contributed by atoms with Crippen LogP contribution in [0.5, 0.6) is 0 Å². The van der Waals surface area contributed by atoms with E-state index in [0.29, 0.717) is 16.9 Å². The van der Waals surface area contributed by atoms with Gasteiger partial charge in [0.25, 0.3) is 5.91 Å². The average Bonchev–Trinajstić information content (AvgIpc) is 2.57. The summed E-state index contributed by atoms with van der Waals surface area (Å²) in [7, 11) is 1.55. The van der Waals surface area contributed by atoms with Crippen LogP contribution < -0.4 is 16.0 Å². The van der Waals surface area contributed by atoms with Crippen molar-refractivity contribution in [1.82, 2.24) is 10.3 Å². The Labute approximate surface area is 139 Å². The van der Waals surface area contributed by atoms with Crippen molar-refractivity contribution >= 4 is 35.1 Å². The minimum absolute atomic E-state index is 0.197. The molecule has 0 aliphatic heterocycles. The number of anilines is 2. The van der Waals surface area contributed by atoms with Crippen LogP contribution in [0.15, 0.2) is 47.6 Å². The standard InChI is InChI=1S/C16H18N4O2S/c1-3-23-14-10-11(8-9-18-14)15(21)19-12-4-6-13(7-5-12)20-16(22)17-2/h4-10H,3H2,1-2H3,(H,19,21)(H2,17,20,22). The lowest BCUT2D eigenvalue weighted by atomic mass is 10.2. The summed E-state index contributed by atoms with van der Waals surface area (Å²) in [5.41, 5.74) is 1.86. The van der Waals surface area contributed by atoms with E-state index in [1.165, 1.54) is 0 Å². The highest BCUT2D eigenvalue weighted by molar-refractivity contribution is 7.99. The molecule has 2 rings (SSSR count). The Morgan fingerprint density at radius 2 is 1.74 bits per heavy atom. The summed E-state index contributed by atoms with van der Waals surface area (Å²) in [6.07, 6.45) is 1.63. The maximum atomic E-state index is 12.3. The molecule has 0 aliphatic carbocycles. The summed E-state index contributed by atoms with van der Waals surface area (Å²) in [6, 6.07) is 10.0. The highest BCUT2D eigenvalue weighted by Crippen LogP contribution is 2.18. The number of amides is 3. The third-order valence-electron chi connectivity index (χ3n) is 2.92. The van der Waals surface area contributed by atoms with Crippen molar-refractivity contribution < 1.29 is 9.59 Å². The molecule has 1 heterocycles. The second-order valence-electron chi connectivity index (χ2n) is 4.55. The maximum absolute atomic E-state index is 12.3. The molecule has 23 heavy (non-hydrogen) atoms. The van der Waals surface area contributed by atoms with Gasteiger partial charge in [-0.05, 0) is 42.2 Å². The van der Waals surface area contributed by atoms with Gasteiger partial charge in [-0.25, -0.2) is 9.78 Å². The van der Waals surface area contributed by atoms with Gasteiger partial charge in [-0.3, -0.25) is 4.79 Å². The number of hydrogen-bond acceptors (Lipinski definition) is 4. The quantitative estimate of drug-likeness (QED) is 0.735. The first-order valence-corrected chi connectivity index (χ1v) is 8.10. The SMILES string of the molecule is CCSc1cc(C(=O)Nc2ccc(NC(=O)NC)cc2)ccn1. The molecule has 0 aliphatic rings. The number of nitrogens with zero attached hydrogens (tertiary/aromatic N) is 1. The number of rotatable bonds is 5. The molecule has 0 unspecified atom stereocenters. The first-order valence-electron chi connectivity index (χ1n) is 7.11. The summed E-state index contributed by atoms with van der Waals surface area (Å²) < 4.78 is 0. The van der Waals surface area contributed by atoms with Gasteiger partial charge in [-0.15, -0.1) is 11.8 Å². The van der Waals surface area contributed by atoms with Crippen LogP contribution in [0.2, 0.25) is 0 Å². The van der Waals surface area contributed by atoms with Gasteiger partial charge in [0.1, 0.15) is 0 Å². The molecular formula is C16H18N4O2S. The molecule has 0 spiro atoms. The van der Waals surface area contributed by atoms with Crippen molar-refractivity contribution in [2.45, 2.75) is 11.9 Å². The third-order valence-corrected chi connectivity index (χ3v) is 3.72. The van der Waals surface area contributed by atoms with Crippen molar-refractivity contribution in [3.05, 3.63) is 48.2 Å². The van der Waals surface area contributed by atoms with Gasteiger partial charge in [0.15, 0.2) is 0 Å². The lowest BCUT2D eigenvalue weighted by Gasteiger charge is -2.08. The van der Waals surface area contributed by atoms with Crippen LogP contribution in [0.4, 0.5) is 16.2 Å². The molecular weight excluding hydrogens is 312 g/mol. The van der Waals surface area contributed by atoms with Gasteiger partial charge in [0, 0.05) is 30.2 Å². The third kappa shape index (κ3) is 5.00. The van der Waals surface area contributed by atoms with Gasteiger partial charge in [-0.1, -0.05) is 6.92 Å². The molecule has 3 amide bonds. The van der Waals surface area contributed by atoms with E-state index >= 15 is 0 Å². The lowest BCUT2D eigenvalue weighted by molar-refractivity contribution is 0.102. The Bertz CT molecular complexity index is 689. The van der Waals surface area contributed by atoms with Crippen molar-refractivity contribution in [2.75, 3.05) is 23.4 Å². The summed E-state index contributed by atoms with van der Waals surface area (Å²) >= 11 is 1.59. The number of hydrogen-bond donors (Lipinski definition) is 3. The molecule has 0 bridgehead atoms. The van der Waals surface area contributed by atoms with Crippen LogP contribution in [-0.4, -0.2) is 29.7 Å². The van der Waals surface area contributed by atoms with E-state index in [1.54, 1.807) is 61.4 Å². The van der Waals surface area contributed by atoms with Crippen LogP contribution in [0, 0.1) is 0 Å². The molecule has 0 saturated carbocycles. The smallest absolute Gasteiger partial charge is 0.318 e. The molecule has 6 nitrogen and oxygen atoms in total. The second kappa shape index (κ2) is 8.19. The molecule has 1 aromatic heterocycles. The highest BCUT2D eigenvalue weighted by atomic mass is 32.2. The fourth-order valence-electron chi connectivity index (χ4n) is 1.81. The van der Waals surface area contributed by atoms with Crippen molar-refractivity contribution in [3.8, 4) is 0 Å². The molecule has 0 saturated heterocycles. The number of pyridine rings is 1. The lowest BCUT2D eigenvalue weighted by Crippen LogP contribution is -2.24. The normalized spacial score (nSPS) is 10.0. The van der Waals surface area contributed by atoms with Crippen molar-refractivity contribution in [2.24, 2.45) is 0 Å². The number of aromatic nitrogens is 1. The van der Waals surface area contributed by atoms with E-state index in [2.05, 4.69) is 20.9 Å². The number of urea groups is 1. The van der Waals surface area contributed by atoms with E-state index in [-0.39, 0.29) is 11.9 Å². The Hall–Kier alpha value is -2.54. The van der Waals surface area contributed by atoms with E-state index in [4.69, 9.17) is 0 Å². The zero-order chi connectivity index (χ0) is 16.7. The fraction of sp³-hybridized carbons (Fsp3) is 0.188. The topological polar surface area (TPSA) is 83.1 Å². The van der Waals surface area contributed by atoms with Crippen LogP contribution >= 0.6 is 11.8 Å². The zero-order valence-corrected chi connectivity index (χ0v) is 13.7. The molecule has 7 heteroatoms. The summed E-state index contributed by atoms with van der Waals surface area (Å²) in [4.78, 5) is 27.7. The van der Waals surface area contributed by atoms with E-state index in [9.17, 15) is 9.59 Å². The highest BCUT2D eigenvalue weighted by Gasteiger charge is 2.08. The van der Waals surface area contributed by atoms with E-state index < -0.39 is 0 Å². The predicted molar refractivity (Wildman–Crippen MR) is 93.1 cm³/mol. The predicted octanol–water partition coefficient (Wildman–Crippen LogP) is 3.20. The second-order valence-corrected chi connectivity index (χ2v) is 5.84. The first kappa shape index (κ1) is 16.8. The molecule has 0 fully saturated rings. The van der Waals surface area contributed by atoms with Gasteiger partial charge < -0.3 is 16.0 Å². The molecule has 1 aromatic carbocycles. The number of nitrogens with one attached hydrogen (secondary N) is 3. The van der Waals surface area contributed by atoms with Gasteiger partial charge in [-0.2, -0.15) is 0 Å². The Kier molecular flexibility index (Phi) is 5.99. The van der Waals surface area contributed by atoms with Gasteiger partial charge >= 0.3 is 6.03 Å². The Morgan fingerprint density at radius 1 is 1.09 bits per heavy atom.